The van der Waals surface area contributed by atoms with Crippen molar-refractivity contribution in [2.24, 2.45) is 11.1 Å². The van der Waals surface area contributed by atoms with Crippen molar-refractivity contribution >= 4 is 33.2 Å². The minimum absolute atomic E-state index is 0.147. The summed E-state index contributed by atoms with van der Waals surface area (Å²) < 4.78 is 22.3. The third-order valence-electron chi connectivity index (χ3n) is 3.52. The molecule has 120 valence electrons. The molecular weight excluding hydrogens is 306 g/mol. The van der Waals surface area contributed by atoms with Crippen LogP contribution >= 0.6 is 0 Å². The second kappa shape index (κ2) is 6.05. The second-order valence-corrected chi connectivity index (χ2v) is 7.24. The maximum atomic E-state index is 12.1. The van der Waals surface area contributed by atoms with Crippen LogP contribution in [0.15, 0.2) is 18.2 Å². The zero-order valence-electron chi connectivity index (χ0n) is 12.5. The van der Waals surface area contributed by atoms with Crippen molar-refractivity contribution in [1.29, 1.82) is 0 Å². The average Bonchev–Trinajstić information content (AvgIpc) is 2.70. The third kappa shape index (κ3) is 4.05. The zero-order chi connectivity index (χ0) is 16.5. The fourth-order valence-electron chi connectivity index (χ4n) is 2.57. The van der Waals surface area contributed by atoms with Gasteiger partial charge in [-0.05, 0) is 24.6 Å². The zero-order valence-corrected chi connectivity index (χ0v) is 13.3. The van der Waals surface area contributed by atoms with Gasteiger partial charge >= 0.3 is 0 Å². The SMILES string of the molecule is CC(=O)Nc1cc(N2CC(CS(N)(=O)=O)CC2=O)ccc1C. The topological polar surface area (TPSA) is 110 Å². The Bertz CT molecular complexity index is 715. The molecule has 1 aromatic rings. The molecule has 1 fully saturated rings. The van der Waals surface area contributed by atoms with Gasteiger partial charge in [0.05, 0.1) is 5.75 Å². The standard InChI is InChI=1S/C14H19N3O4S/c1-9-3-4-12(6-13(9)16-10(2)18)17-7-11(5-14(17)19)8-22(15,20)21/h3-4,6,11H,5,7-8H2,1-2H3,(H,16,18)(H2,15,20,21). The molecule has 1 aliphatic rings. The van der Waals surface area contributed by atoms with E-state index >= 15 is 0 Å². The molecule has 0 aliphatic carbocycles. The summed E-state index contributed by atoms with van der Waals surface area (Å²) >= 11 is 0. The van der Waals surface area contributed by atoms with E-state index in [0.29, 0.717) is 17.9 Å². The number of benzene rings is 1. The van der Waals surface area contributed by atoms with Crippen LogP contribution in [0.2, 0.25) is 0 Å². The Morgan fingerprint density at radius 3 is 2.73 bits per heavy atom. The van der Waals surface area contributed by atoms with Crippen LogP contribution in [0.25, 0.3) is 0 Å². The number of anilines is 2. The Morgan fingerprint density at radius 1 is 1.45 bits per heavy atom. The Morgan fingerprint density at radius 2 is 2.14 bits per heavy atom. The number of nitrogens with zero attached hydrogens (tertiary/aromatic N) is 1. The smallest absolute Gasteiger partial charge is 0.227 e. The highest BCUT2D eigenvalue weighted by molar-refractivity contribution is 7.89. The molecule has 3 N–H and O–H groups in total. The highest BCUT2D eigenvalue weighted by Crippen LogP contribution is 2.29. The number of carbonyl (C=O) groups is 2. The summed E-state index contributed by atoms with van der Waals surface area (Å²) in [5, 5.41) is 7.75. The van der Waals surface area contributed by atoms with Crippen molar-refractivity contribution in [3.63, 3.8) is 0 Å². The van der Waals surface area contributed by atoms with Crippen LogP contribution in [0.3, 0.4) is 0 Å². The summed E-state index contributed by atoms with van der Waals surface area (Å²) in [7, 11) is -3.60. The van der Waals surface area contributed by atoms with Crippen LogP contribution in [-0.2, 0) is 19.6 Å². The van der Waals surface area contributed by atoms with Crippen LogP contribution in [0.1, 0.15) is 18.9 Å². The monoisotopic (exact) mass is 325 g/mol. The van der Waals surface area contributed by atoms with Gasteiger partial charge in [0.25, 0.3) is 0 Å². The Hall–Kier alpha value is -1.93. The number of primary sulfonamides is 1. The van der Waals surface area contributed by atoms with Gasteiger partial charge in [-0.3, -0.25) is 9.59 Å². The van der Waals surface area contributed by atoms with Crippen LogP contribution in [0, 0.1) is 12.8 Å². The molecular formula is C14H19N3O4S. The number of rotatable bonds is 4. The highest BCUT2D eigenvalue weighted by Gasteiger charge is 2.32. The molecule has 7 nitrogen and oxygen atoms in total. The van der Waals surface area contributed by atoms with Gasteiger partial charge < -0.3 is 10.2 Å². The molecule has 2 rings (SSSR count). The van der Waals surface area contributed by atoms with Gasteiger partial charge in [-0.1, -0.05) is 6.07 Å². The molecule has 0 spiro atoms. The maximum Gasteiger partial charge on any atom is 0.227 e. The lowest BCUT2D eigenvalue weighted by atomic mass is 10.1. The van der Waals surface area contributed by atoms with E-state index in [-0.39, 0.29) is 29.9 Å². The first-order valence-corrected chi connectivity index (χ1v) is 8.56. The number of hydrogen-bond acceptors (Lipinski definition) is 4. The molecule has 22 heavy (non-hydrogen) atoms. The summed E-state index contributed by atoms with van der Waals surface area (Å²) in [6.07, 6.45) is 0.153. The summed E-state index contributed by atoms with van der Waals surface area (Å²) in [5.74, 6) is -0.862. The first kappa shape index (κ1) is 16.4. The minimum Gasteiger partial charge on any atom is -0.326 e. The Balaban J connectivity index is 2.21. The van der Waals surface area contributed by atoms with Crippen LogP contribution < -0.4 is 15.4 Å². The quantitative estimate of drug-likeness (QED) is 0.844. The predicted octanol–water partition coefficient (Wildman–Crippen LogP) is 0.595. The first-order chi connectivity index (χ1) is 10.2. The molecule has 0 saturated carbocycles. The van der Waals surface area contributed by atoms with Gasteiger partial charge in [-0.2, -0.15) is 0 Å². The normalized spacial score (nSPS) is 18.6. The van der Waals surface area contributed by atoms with Crippen molar-refractivity contribution < 1.29 is 18.0 Å². The summed E-state index contributed by atoms with van der Waals surface area (Å²) in [6, 6.07) is 5.30. The van der Waals surface area contributed by atoms with Crippen molar-refractivity contribution in [3.05, 3.63) is 23.8 Å². The highest BCUT2D eigenvalue weighted by atomic mass is 32.2. The summed E-state index contributed by atoms with van der Waals surface area (Å²) in [6.45, 7) is 3.57. The molecule has 1 unspecified atom stereocenters. The molecule has 2 amide bonds. The van der Waals surface area contributed by atoms with E-state index in [2.05, 4.69) is 5.32 Å². The first-order valence-electron chi connectivity index (χ1n) is 6.85. The van der Waals surface area contributed by atoms with E-state index in [4.69, 9.17) is 5.14 Å². The number of nitrogens with one attached hydrogen (secondary N) is 1. The summed E-state index contributed by atoms with van der Waals surface area (Å²) in [4.78, 5) is 24.8. The maximum absolute atomic E-state index is 12.1. The molecule has 8 heteroatoms. The predicted molar refractivity (Wildman–Crippen MR) is 83.9 cm³/mol. The molecule has 0 radical (unpaired) electrons. The van der Waals surface area contributed by atoms with Gasteiger partial charge in [-0.25, -0.2) is 13.6 Å². The van der Waals surface area contributed by atoms with Crippen molar-refractivity contribution in [2.45, 2.75) is 20.3 Å². The van der Waals surface area contributed by atoms with E-state index in [0.717, 1.165) is 5.56 Å². The van der Waals surface area contributed by atoms with E-state index in [1.54, 1.807) is 18.2 Å². The number of amides is 2. The van der Waals surface area contributed by atoms with Gasteiger partial charge in [0.2, 0.25) is 21.8 Å². The number of nitrogens with two attached hydrogens (primary N) is 1. The molecule has 1 atom stereocenters. The van der Waals surface area contributed by atoms with Gasteiger partial charge in [0.15, 0.2) is 0 Å². The lowest BCUT2D eigenvalue weighted by Crippen LogP contribution is -2.27. The Labute approximate surface area is 129 Å². The molecule has 0 aromatic heterocycles. The Kier molecular flexibility index (Phi) is 4.52. The third-order valence-corrected chi connectivity index (χ3v) is 4.45. The number of carbonyl (C=O) groups excluding carboxylic acids is 2. The largest absolute Gasteiger partial charge is 0.326 e. The van der Waals surface area contributed by atoms with Crippen LogP contribution in [-0.4, -0.2) is 32.5 Å². The van der Waals surface area contributed by atoms with Crippen molar-refractivity contribution in [1.82, 2.24) is 0 Å². The minimum atomic E-state index is -3.60. The van der Waals surface area contributed by atoms with Crippen molar-refractivity contribution in [3.8, 4) is 0 Å². The number of hydrogen-bond donors (Lipinski definition) is 2. The molecule has 1 aromatic carbocycles. The second-order valence-electron chi connectivity index (χ2n) is 5.58. The van der Waals surface area contributed by atoms with Crippen molar-refractivity contribution in [2.75, 3.05) is 22.5 Å². The fourth-order valence-corrected chi connectivity index (χ4v) is 3.45. The lowest BCUT2D eigenvalue weighted by Gasteiger charge is -2.18. The number of aryl methyl sites for hydroxylation is 1. The van der Waals surface area contributed by atoms with Gasteiger partial charge in [-0.15, -0.1) is 0 Å². The van der Waals surface area contributed by atoms with E-state index < -0.39 is 10.0 Å². The summed E-state index contributed by atoms with van der Waals surface area (Å²) in [5.41, 5.74) is 2.15. The lowest BCUT2D eigenvalue weighted by molar-refractivity contribution is -0.117. The van der Waals surface area contributed by atoms with Gasteiger partial charge in [0.1, 0.15) is 0 Å². The fraction of sp³-hybridized carbons (Fsp3) is 0.429. The van der Waals surface area contributed by atoms with Crippen LogP contribution in [0.5, 0.6) is 0 Å². The molecule has 1 aliphatic heterocycles. The van der Waals surface area contributed by atoms with E-state index in [1.165, 1.54) is 11.8 Å². The van der Waals surface area contributed by atoms with E-state index in [9.17, 15) is 18.0 Å². The molecule has 1 heterocycles. The average molecular weight is 325 g/mol. The van der Waals surface area contributed by atoms with Gasteiger partial charge in [0, 0.05) is 37.2 Å². The number of sulfonamides is 1. The molecule has 0 bridgehead atoms. The van der Waals surface area contributed by atoms with Crippen LogP contribution in [0.4, 0.5) is 11.4 Å². The van der Waals surface area contributed by atoms with E-state index in [1.807, 2.05) is 6.92 Å². The molecule has 1 saturated heterocycles.